The summed E-state index contributed by atoms with van der Waals surface area (Å²) in [4.78, 5) is 24.2. The molecular weight excluding hydrogens is 308 g/mol. The van der Waals surface area contributed by atoms with Crippen molar-refractivity contribution in [3.8, 4) is 11.8 Å². The monoisotopic (exact) mass is 328 g/mol. The van der Waals surface area contributed by atoms with E-state index in [-0.39, 0.29) is 30.4 Å². The molecule has 2 fully saturated rings. The summed E-state index contributed by atoms with van der Waals surface area (Å²) in [6.45, 7) is -0.117. The Bertz CT molecular complexity index is 665. The lowest BCUT2D eigenvalue weighted by atomic mass is 9.84. The molecule has 1 N–H and O–H groups in total. The van der Waals surface area contributed by atoms with Crippen LogP contribution in [0.25, 0.3) is 0 Å². The molecule has 2 bridgehead atoms. The maximum Gasteiger partial charge on any atom is 0.311 e. The van der Waals surface area contributed by atoms with Crippen molar-refractivity contribution in [3.05, 3.63) is 29.8 Å². The zero-order chi connectivity index (χ0) is 17.1. The number of carbonyl (C=O) groups is 2. The molecule has 0 spiro atoms. The van der Waals surface area contributed by atoms with Gasteiger partial charge in [-0.05, 0) is 55.4 Å². The van der Waals surface area contributed by atoms with Crippen LogP contribution in [0.15, 0.2) is 24.3 Å². The van der Waals surface area contributed by atoms with Crippen LogP contribution >= 0.6 is 0 Å². The number of nitrogens with zero attached hydrogens (tertiary/aromatic N) is 1. The summed E-state index contributed by atoms with van der Waals surface area (Å²) in [5.41, 5.74) is 0.537. The van der Waals surface area contributed by atoms with E-state index in [0.717, 1.165) is 19.3 Å². The van der Waals surface area contributed by atoms with Gasteiger partial charge in [-0.15, -0.1) is 0 Å². The Morgan fingerprint density at radius 2 is 1.96 bits per heavy atom. The summed E-state index contributed by atoms with van der Waals surface area (Å²) >= 11 is 0. The highest BCUT2D eigenvalue weighted by Crippen LogP contribution is 2.48. The van der Waals surface area contributed by atoms with Gasteiger partial charge >= 0.3 is 5.97 Å². The second-order valence-corrected chi connectivity index (χ2v) is 6.40. The van der Waals surface area contributed by atoms with Gasteiger partial charge in [0.1, 0.15) is 5.75 Å². The second kappa shape index (κ2) is 6.91. The number of amides is 1. The normalized spacial score (nSPS) is 27.3. The van der Waals surface area contributed by atoms with Crippen LogP contribution in [0.4, 0.5) is 0 Å². The van der Waals surface area contributed by atoms with Crippen molar-refractivity contribution in [3.63, 3.8) is 0 Å². The van der Waals surface area contributed by atoms with Gasteiger partial charge in [0.2, 0.25) is 0 Å². The van der Waals surface area contributed by atoms with Gasteiger partial charge in [0.25, 0.3) is 5.91 Å². The van der Waals surface area contributed by atoms with E-state index in [4.69, 9.17) is 14.7 Å². The van der Waals surface area contributed by atoms with Gasteiger partial charge in [-0.25, -0.2) is 0 Å². The summed E-state index contributed by atoms with van der Waals surface area (Å²) in [6, 6.07) is 8.44. The third-order valence-electron chi connectivity index (χ3n) is 5.07. The van der Waals surface area contributed by atoms with Crippen LogP contribution in [0, 0.1) is 29.1 Å². The number of hydrogen-bond acceptors (Lipinski definition) is 5. The van der Waals surface area contributed by atoms with Crippen molar-refractivity contribution >= 4 is 11.9 Å². The first kappa shape index (κ1) is 16.3. The third-order valence-corrected chi connectivity index (χ3v) is 5.07. The van der Waals surface area contributed by atoms with Crippen LogP contribution in [0.2, 0.25) is 0 Å². The number of nitrogens with one attached hydrogen (secondary N) is 1. The summed E-state index contributed by atoms with van der Waals surface area (Å²) < 4.78 is 10.3. The smallest absolute Gasteiger partial charge is 0.311 e. The minimum atomic E-state index is -0.245. The quantitative estimate of drug-likeness (QED) is 0.830. The first-order chi connectivity index (χ1) is 11.6. The summed E-state index contributed by atoms with van der Waals surface area (Å²) in [7, 11) is 1.39. The van der Waals surface area contributed by atoms with Crippen LogP contribution in [0.3, 0.4) is 0 Å². The number of hydrogen-bond donors (Lipinski definition) is 1. The van der Waals surface area contributed by atoms with E-state index >= 15 is 0 Å². The zero-order valence-electron chi connectivity index (χ0n) is 13.5. The predicted octanol–water partition coefficient (Wildman–Crippen LogP) is 1.64. The molecule has 4 atom stereocenters. The van der Waals surface area contributed by atoms with Crippen molar-refractivity contribution < 1.29 is 19.1 Å². The van der Waals surface area contributed by atoms with E-state index in [2.05, 4.69) is 5.32 Å². The fourth-order valence-corrected chi connectivity index (χ4v) is 3.98. The van der Waals surface area contributed by atoms with Gasteiger partial charge in [0, 0.05) is 6.04 Å². The molecule has 0 radical (unpaired) electrons. The fourth-order valence-electron chi connectivity index (χ4n) is 3.98. The van der Waals surface area contributed by atoms with Crippen molar-refractivity contribution in [2.24, 2.45) is 17.8 Å². The molecule has 6 heteroatoms. The molecule has 1 aromatic rings. The molecule has 1 aromatic carbocycles. The van der Waals surface area contributed by atoms with Crippen molar-refractivity contribution in [2.75, 3.05) is 13.7 Å². The first-order valence-electron chi connectivity index (χ1n) is 8.12. The largest absolute Gasteiger partial charge is 0.484 e. The highest BCUT2D eigenvalue weighted by Gasteiger charge is 2.51. The lowest BCUT2D eigenvalue weighted by Crippen LogP contribution is -2.48. The van der Waals surface area contributed by atoms with E-state index in [1.54, 1.807) is 24.3 Å². The van der Waals surface area contributed by atoms with Gasteiger partial charge in [-0.1, -0.05) is 0 Å². The lowest BCUT2D eigenvalue weighted by molar-refractivity contribution is -0.148. The molecule has 0 saturated heterocycles. The molecule has 3 rings (SSSR count). The molecule has 1 amide bonds. The minimum absolute atomic E-state index is 0.117. The van der Waals surface area contributed by atoms with E-state index in [9.17, 15) is 9.59 Å². The van der Waals surface area contributed by atoms with Crippen LogP contribution in [0.5, 0.6) is 5.75 Å². The topological polar surface area (TPSA) is 88.4 Å². The molecule has 0 aliphatic heterocycles. The SMILES string of the molecule is COC(=O)[C@@H]1[C@H]2CC[C@@H](C2)[C@@H]1NC(=O)COc1ccc(C#N)cc1. The highest BCUT2D eigenvalue weighted by atomic mass is 16.5. The van der Waals surface area contributed by atoms with Gasteiger partial charge in [0.15, 0.2) is 6.61 Å². The Morgan fingerprint density at radius 3 is 2.62 bits per heavy atom. The van der Waals surface area contributed by atoms with Crippen LogP contribution in [-0.4, -0.2) is 31.6 Å². The first-order valence-corrected chi connectivity index (χ1v) is 8.12. The molecule has 0 aromatic heterocycles. The number of nitriles is 1. The van der Waals surface area contributed by atoms with Gasteiger partial charge < -0.3 is 14.8 Å². The Labute approximate surface area is 140 Å². The van der Waals surface area contributed by atoms with Gasteiger partial charge in [-0.2, -0.15) is 5.26 Å². The Kier molecular flexibility index (Phi) is 4.70. The van der Waals surface area contributed by atoms with E-state index < -0.39 is 0 Å². The summed E-state index contributed by atoms with van der Waals surface area (Å²) in [5.74, 6) is 0.464. The van der Waals surface area contributed by atoms with Crippen molar-refractivity contribution in [1.82, 2.24) is 5.32 Å². The number of fused-ring (bicyclic) bond motifs is 2. The average Bonchev–Trinajstić information content (AvgIpc) is 3.21. The molecule has 0 unspecified atom stereocenters. The minimum Gasteiger partial charge on any atom is -0.484 e. The maximum atomic E-state index is 12.2. The fraction of sp³-hybridized carbons (Fsp3) is 0.500. The molecule has 2 aliphatic carbocycles. The molecule has 6 nitrogen and oxygen atoms in total. The van der Waals surface area contributed by atoms with Crippen LogP contribution < -0.4 is 10.1 Å². The number of rotatable bonds is 5. The Hall–Kier alpha value is -2.55. The molecule has 24 heavy (non-hydrogen) atoms. The average molecular weight is 328 g/mol. The molecule has 0 heterocycles. The highest BCUT2D eigenvalue weighted by molar-refractivity contribution is 5.80. The molecule has 2 saturated carbocycles. The van der Waals surface area contributed by atoms with Crippen molar-refractivity contribution in [1.29, 1.82) is 5.26 Å². The summed E-state index contributed by atoms with van der Waals surface area (Å²) in [6.07, 6.45) is 3.04. The number of benzene rings is 1. The van der Waals surface area contributed by atoms with Gasteiger partial charge in [0.05, 0.1) is 24.7 Å². The van der Waals surface area contributed by atoms with Gasteiger partial charge in [-0.3, -0.25) is 9.59 Å². The summed E-state index contributed by atoms with van der Waals surface area (Å²) in [5, 5.41) is 11.7. The Balaban J connectivity index is 1.56. The number of methoxy groups -OCH3 is 1. The van der Waals surface area contributed by atoms with E-state index in [0.29, 0.717) is 23.1 Å². The number of ether oxygens (including phenoxy) is 2. The molecular formula is C18H20N2O4. The molecule has 126 valence electrons. The second-order valence-electron chi connectivity index (χ2n) is 6.40. The van der Waals surface area contributed by atoms with E-state index in [1.807, 2.05) is 6.07 Å². The van der Waals surface area contributed by atoms with Crippen LogP contribution in [-0.2, 0) is 14.3 Å². The third kappa shape index (κ3) is 3.21. The van der Waals surface area contributed by atoms with Crippen molar-refractivity contribution in [2.45, 2.75) is 25.3 Å². The maximum absolute atomic E-state index is 12.2. The lowest BCUT2D eigenvalue weighted by Gasteiger charge is -2.29. The van der Waals surface area contributed by atoms with Crippen LogP contribution in [0.1, 0.15) is 24.8 Å². The Morgan fingerprint density at radius 1 is 1.25 bits per heavy atom. The number of carbonyl (C=O) groups excluding carboxylic acids is 2. The molecule has 2 aliphatic rings. The predicted molar refractivity (Wildman–Crippen MR) is 84.9 cm³/mol. The zero-order valence-corrected chi connectivity index (χ0v) is 13.5. The number of esters is 1. The van der Waals surface area contributed by atoms with E-state index in [1.165, 1.54) is 7.11 Å². The standard InChI is InChI=1S/C18H20N2O4/c1-23-18(22)16-12-4-5-13(8-12)17(16)20-15(21)10-24-14-6-2-11(9-19)3-7-14/h2-3,6-7,12-13,16-17H,4-5,8,10H2,1H3,(H,20,21)/t12-,13-,16+,17-/m0/s1.